The predicted molar refractivity (Wildman–Crippen MR) is 87.7 cm³/mol. The first-order valence-electron chi connectivity index (χ1n) is 7.54. The number of nitrogens with zero attached hydrogens (tertiary/aromatic N) is 10. The number of benzene rings is 1. The second-order valence-corrected chi connectivity index (χ2v) is 5.54. The van der Waals surface area contributed by atoms with Gasteiger partial charge < -0.3 is 4.90 Å². The van der Waals surface area contributed by atoms with Gasteiger partial charge in [0.1, 0.15) is 12.7 Å². The lowest BCUT2D eigenvalue weighted by molar-refractivity contribution is 0.0787. The van der Waals surface area contributed by atoms with Crippen LogP contribution in [0.4, 0.5) is 5.69 Å². The van der Waals surface area contributed by atoms with Crippen LogP contribution in [-0.2, 0) is 6.54 Å². The fraction of sp³-hybridized carbons (Fsp3) is 0.357. The minimum Gasteiger partial charge on any atom is -0.336 e. The summed E-state index contributed by atoms with van der Waals surface area (Å²) in [5.74, 6) is -0.167. The van der Waals surface area contributed by atoms with E-state index in [9.17, 15) is 4.79 Å². The van der Waals surface area contributed by atoms with Crippen LogP contribution in [0.15, 0.2) is 41.1 Å². The van der Waals surface area contributed by atoms with Gasteiger partial charge in [-0.15, -0.1) is 0 Å². The quantitative estimate of drug-likeness (QED) is 0.468. The fourth-order valence-electron chi connectivity index (χ4n) is 2.84. The maximum absolute atomic E-state index is 12.8. The van der Waals surface area contributed by atoms with Crippen molar-refractivity contribution in [2.45, 2.75) is 19.0 Å². The topological polar surface area (TPSA) is 149 Å². The molecule has 1 saturated heterocycles. The second-order valence-electron chi connectivity index (χ2n) is 5.54. The third kappa shape index (κ3) is 3.69. The summed E-state index contributed by atoms with van der Waals surface area (Å²) in [6.45, 7) is 1.20. The van der Waals surface area contributed by atoms with E-state index in [1.807, 2.05) is 0 Å². The normalized spacial score (nSPS) is 16.2. The average molecular weight is 338 g/mol. The van der Waals surface area contributed by atoms with Crippen LogP contribution in [0.25, 0.3) is 20.9 Å². The third-order valence-corrected chi connectivity index (χ3v) is 3.96. The van der Waals surface area contributed by atoms with E-state index in [1.165, 1.54) is 12.4 Å². The van der Waals surface area contributed by atoms with Gasteiger partial charge in [0.05, 0.1) is 12.6 Å². The van der Waals surface area contributed by atoms with Gasteiger partial charge in [-0.25, -0.2) is 9.67 Å². The highest BCUT2D eigenvalue weighted by Gasteiger charge is 2.28. The molecule has 0 aliphatic carbocycles. The van der Waals surface area contributed by atoms with Crippen LogP contribution in [0.1, 0.15) is 28.4 Å². The molecule has 3 rings (SSSR count). The summed E-state index contributed by atoms with van der Waals surface area (Å²) in [4.78, 5) is 23.9. The van der Waals surface area contributed by atoms with Crippen molar-refractivity contribution in [2.24, 2.45) is 10.2 Å². The van der Waals surface area contributed by atoms with E-state index in [0.29, 0.717) is 29.9 Å². The highest BCUT2D eigenvalue weighted by Crippen LogP contribution is 2.25. The molecular weight excluding hydrogens is 324 g/mol. The maximum Gasteiger partial charge on any atom is 0.253 e. The van der Waals surface area contributed by atoms with Crippen molar-refractivity contribution >= 4 is 11.6 Å². The van der Waals surface area contributed by atoms with Crippen molar-refractivity contribution in [2.75, 3.05) is 13.1 Å². The van der Waals surface area contributed by atoms with Gasteiger partial charge in [-0.05, 0) is 41.2 Å². The Bertz CT molecular complexity index is 864. The van der Waals surface area contributed by atoms with Gasteiger partial charge in [-0.1, -0.05) is 10.2 Å². The zero-order chi connectivity index (χ0) is 17.6. The molecule has 126 valence electrons. The van der Waals surface area contributed by atoms with E-state index in [4.69, 9.17) is 11.1 Å². The summed E-state index contributed by atoms with van der Waals surface area (Å²) >= 11 is 0. The van der Waals surface area contributed by atoms with E-state index in [0.717, 1.165) is 6.42 Å². The van der Waals surface area contributed by atoms with Gasteiger partial charge in [0, 0.05) is 34.2 Å². The van der Waals surface area contributed by atoms with Crippen molar-refractivity contribution in [1.29, 1.82) is 0 Å². The molecule has 0 N–H and O–H groups in total. The number of likely N-dealkylation sites (tertiary alicyclic amines) is 1. The van der Waals surface area contributed by atoms with E-state index >= 15 is 0 Å². The van der Waals surface area contributed by atoms with Crippen molar-refractivity contribution in [1.82, 2.24) is 19.7 Å². The molecule has 1 aliphatic heterocycles. The van der Waals surface area contributed by atoms with Crippen molar-refractivity contribution in [3.8, 4) is 0 Å². The number of carbonyl (C=O) groups is 1. The van der Waals surface area contributed by atoms with Gasteiger partial charge in [0.15, 0.2) is 0 Å². The minimum atomic E-state index is -0.167. The van der Waals surface area contributed by atoms with Crippen LogP contribution in [0.5, 0.6) is 0 Å². The fourth-order valence-corrected chi connectivity index (χ4v) is 2.84. The molecule has 11 heteroatoms. The first-order valence-corrected chi connectivity index (χ1v) is 7.54. The summed E-state index contributed by atoms with van der Waals surface area (Å²) in [7, 11) is 0. The summed E-state index contributed by atoms with van der Waals surface area (Å²) in [5.41, 5.74) is 18.4. The molecule has 1 unspecified atom stereocenters. The Morgan fingerprint density at radius 2 is 2.20 bits per heavy atom. The Labute approximate surface area is 142 Å². The van der Waals surface area contributed by atoms with Gasteiger partial charge in [0.2, 0.25) is 0 Å². The van der Waals surface area contributed by atoms with Crippen molar-refractivity contribution in [3.05, 3.63) is 62.9 Å². The monoisotopic (exact) mass is 338 g/mol. The molecule has 0 bridgehead atoms. The van der Waals surface area contributed by atoms with Gasteiger partial charge in [0.25, 0.3) is 5.91 Å². The first kappa shape index (κ1) is 16.3. The Balaban J connectivity index is 1.82. The average Bonchev–Trinajstić information content (AvgIpc) is 3.30. The molecule has 1 aromatic carbocycles. The zero-order valence-electron chi connectivity index (χ0n) is 13.2. The van der Waals surface area contributed by atoms with E-state index in [1.54, 1.807) is 28.0 Å². The van der Waals surface area contributed by atoms with Crippen molar-refractivity contribution in [3.63, 3.8) is 0 Å². The lowest BCUT2D eigenvalue weighted by Crippen LogP contribution is -2.29. The standard InChI is InChI=1S/C14H14N10O/c15-21-18-6-10-3-11(5-12(4-10)20-22-16)14(25)23-2-1-13(7-23)24-9-17-8-19-24/h3-5,8-9,13H,1-2,6-7H2. The van der Waals surface area contributed by atoms with E-state index < -0.39 is 0 Å². The summed E-state index contributed by atoms with van der Waals surface area (Å²) in [6.07, 6.45) is 3.89. The molecule has 1 aliphatic rings. The molecule has 2 heterocycles. The Kier molecular flexibility index (Phi) is 4.79. The van der Waals surface area contributed by atoms with Gasteiger partial charge >= 0.3 is 0 Å². The van der Waals surface area contributed by atoms with Crippen LogP contribution >= 0.6 is 0 Å². The number of hydrogen-bond donors (Lipinski definition) is 0. The van der Waals surface area contributed by atoms with Crippen LogP contribution in [0, 0.1) is 0 Å². The number of rotatable bonds is 5. The molecule has 2 aromatic rings. The molecule has 11 nitrogen and oxygen atoms in total. The van der Waals surface area contributed by atoms with E-state index in [-0.39, 0.29) is 18.5 Å². The molecule has 1 amide bonds. The number of carbonyl (C=O) groups excluding carboxylic acids is 1. The minimum absolute atomic E-state index is 0.0765. The van der Waals surface area contributed by atoms with Gasteiger partial charge in [-0.2, -0.15) is 5.10 Å². The number of aromatic nitrogens is 3. The molecule has 0 spiro atoms. The van der Waals surface area contributed by atoms with Crippen LogP contribution in [0.2, 0.25) is 0 Å². The number of amides is 1. The summed E-state index contributed by atoms with van der Waals surface area (Å²) < 4.78 is 1.75. The Morgan fingerprint density at radius 3 is 2.92 bits per heavy atom. The highest BCUT2D eigenvalue weighted by atomic mass is 16.2. The lowest BCUT2D eigenvalue weighted by atomic mass is 10.1. The molecular formula is C14H14N10O. The highest BCUT2D eigenvalue weighted by molar-refractivity contribution is 5.95. The van der Waals surface area contributed by atoms with Crippen LogP contribution < -0.4 is 0 Å². The Hall–Kier alpha value is -3.55. The molecule has 0 radical (unpaired) electrons. The largest absolute Gasteiger partial charge is 0.336 e. The molecule has 1 fully saturated rings. The van der Waals surface area contributed by atoms with Gasteiger partial charge in [-0.3, -0.25) is 4.79 Å². The molecule has 0 saturated carbocycles. The summed E-state index contributed by atoms with van der Waals surface area (Å²) in [6, 6.07) is 4.86. The lowest BCUT2D eigenvalue weighted by Gasteiger charge is -2.17. The van der Waals surface area contributed by atoms with Crippen LogP contribution in [-0.4, -0.2) is 38.7 Å². The maximum atomic E-state index is 12.8. The third-order valence-electron chi connectivity index (χ3n) is 3.96. The van der Waals surface area contributed by atoms with Crippen LogP contribution in [0.3, 0.4) is 0 Å². The number of hydrogen-bond acceptors (Lipinski definition) is 5. The number of azide groups is 2. The Morgan fingerprint density at radius 1 is 1.32 bits per heavy atom. The van der Waals surface area contributed by atoms with E-state index in [2.05, 4.69) is 30.1 Å². The first-order chi connectivity index (χ1) is 12.2. The smallest absolute Gasteiger partial charge is 0.253 e. The zero-order valence-corrected chi connectivity index (χ0v) is 13.2. The SMILES string of the molecule is [N-]=[N+]=NCc1cc(N=[N+]=[N-])cc(C(=O)N2CCC(n3cncn3)C2)c1. The second kappa shape index (κ2) is 7.35. The molecule has 25 heavy (non-hydrogen) atoms. The molecule has 1 aromatic heterocycles. The predicted octanol–water partition coefficient (Wildman–Crippen LogP) is 3.12. The van der Waals surface area contributed by atoms with Crippen molar-refractivity contribution < 1.29 is 4.79 Å². The summed E-state index contributed by atoms with van der Waals surface area (Å²) in [5, 5.41) is 11.2. The molecule has 1 atom stereocenters.